The molecular weight excluding hydrogens is 769 g/mol. The van der Waals surface area contributed by atoms with Gasteiger partial charge in [0.2, 0.25) is 0 Å². The van der Waals surface area contributed by atoms with Crippen molar-refractivity contribution >= 4 is 43.1 Å². The van der Waals surface area contributed by atoms with Crippen LogP contribution >= 0.6 is 0 Å². The second-order valence-corrected chi connectivity index (χ2v) is 16.9. The van der Waals surface area contributed by atoms with Gasteiger partial charge in [0.25, 0.3) is 0 Å². The molecule has 0 bridgehead atoms. The second-order valence-electron chi connectivity index (χ2n) is 16.9. The topological polar surface area (TPSA) is 0 Å². The molecule has 0 fully saturated rings. The Morgan fingerprint density at radius 1 is 0.141 bits per heavy atom. The van der Waals surface area contributed by atoms with E-state index in [9.17, 15) is 0 Å². The first kappa shape index (κ1) is 37.4. The summed E-state index contributed by atoms with van der Waals surface area (Å²) in [7, 11) is 0. The summed E-state index contributed by atoms with van der Waals surface area (Å²) in [5.74, 6) is 0. The monoisotopic (exact) mass is 810 g/mol. The smallest absolute Gasteiger partial charge is 0.00923 e. The normalized spacial score (nSPS) is 11.4. The van der Waals surface area contributed by atoms with Gasteiger partial charge in [-0.25, -0.2) is 0 Å². The van der Waals surface area contributed by atoms with E-state index in [1.807, 2.05) is 0 Å². The first-order valence-corrected chi connectivity index (χ1v) is 22.1. The molecule has 0 radical (unpaired) electrons. The van der Waals surface area contributed by atoms with Gasteiger partial charge in [-0.2, -0.15) is 0 Å². The summed E-state index contributed by atoms with van der Waals surface area (Å²) in [5.41, 5.74) is 16.9. The van der Waals surface area contributed by atoms with Crippen LogP contribution in [0, 0.1) is 0 Å². The molecule has 12 rings (SSSR count). The van der Waals surface area contributed by atoms with E-state index in [1.165, 1.54) is 121 Å². The van der Waals surface area contributed by atoms with E-state index in [-0.39, 0.29) is 0 Å². The van der Waals surface area contributed by atoms with E-state index in [4.69, 9.17) is 0 Å². The minimum Gasteiger partial charge on any atom is -0.0622 e. The maximum atomic E-state index is 2.45. The van der Waals surface area contributed by atoms with Gasteiger partial charge in [-0.05, 0) is 182 Å². The third-order valence-electron chi connectivity index (χ3n) is 13.0. The molecule has 0 aliphatic rings. The predicted octanol–water partition coefficient (Wildman–Crippen LogP) is 18.0. The predicted molar refractivity (Wildman–Crippen MR) is 275 cm³/mol. The molecule has 0 heteroatoms. The van der Waals surface area contributed by atoms with Crippen molar-refractivity contribution in [1.29, 1.82) is 0 Å². The molecule has 0 aliphatic heterocycles. The minimum atomic E-state index is 1.19. The zero-order valence-electron chi connectivity index (χ0n) is 35.2. The lowest BCUT2D eigenvalue weighted by molar-refractivity contribution is 1.57. The molecule has 298 valence electrons. The van der Waals surface area contributed by atoms with Crippen LogP contribution in [0.25, 0.3) is 121 Å². The van der Waals surface area contributed by atoms with Crippen molar-refractivity contribution in [1.82, 2.24) is 0 Å². The quantitative estimate of drug-likeness (QED) is 0.141. The van der Waals surface area contributed by atoms with Crippen LogP contribution in [0.2, 0.25) is 0 Å². The number of fused-ring (bicyclic) bond motifs is 6. The third kappa shape index (κ3) is 6.83. The molecule has 12 aromatic carbocycles. The van der Waals surface area contributed by atoms with E-state index in [2.05, 4.69) is 255 Å². The molecular formula is C64H42. The summed E-state index contributed by atoms with van der Waals surface area (Å²) in [5, 5.41) is 9.97. The lowest BCUT2D eigenvalue weighted by Crippen LogP contribution is -1.91. The average Bonchev–Trinajstić information content (AvgIpc) is 3.38. The number of rotatable bonds is 7. The van der Waals surface area contributed by atoms with Crippen molar-refractivity contribution in [2.24, 2.45) is 0 Å². The van der Waals surface area contributed by atoms with Crippen LogP contribution in [-0.4, -0.2) is 0 Å². The molecule has 0 heterocycles. The standard InChI is InChI=1S/C64H42/c1-5-17-43(18-6-1)50-34-51(44-19-7-2-8-20-44)37-54(36-50)47-29-31-58-56(33-47)42-64(63-41-49-25-13-14-26-57(49)59-27-15-16-28-60(59)63)62-40-48(30-32-61(58)62)55-38-52(45-21-9-3-10-22-45)35-53(39-55)46-23-11-4-12-24-46/h1-42H. The van der Waals surface area contributed by atoms with E-state index in [0.717, 1.165) is 0 Å². The fourth-order valence-corrected chi connectivity index (χ4v) is 9.80. The van der Waals surface area contributed by atoms with Gasteiger partial charge in [0.1, 0.15) is 0 Å². The summed E-state index contributed by atoms with van der Waals surface area (Å²) in [4.78, 5) is 0. The van der Waals surface area contributed by atoms with Crippen molar-refractivity contribution in [3.63, 3.8) is 0 Å². The van der Waals surface area contributed by atoms with E-state index in [0.29, 0.717) is 0 Å². The zero-order chi connectivity index (χ0) is 42.4. The maximum Gasteiger partial charge on any atom is -0.00923 e. The number of hydrogen-bond donors (Lipinski definition) is 0. The molecule has 0 amide bonds. The van der Waals surface area contributed by atoms with Gasteiger partial charge < -0.3 is 0 Å². The van der Waals surface area contributed by atoms with E-state index >= 15 is 0 Å². The van der Waals surface area contributed by atoms with E-state index < -0.39 is 0 Å². The fourth-order valence-electron chi connectivity index (χ4n) is 9.80. The van der Waals surface area contributed by atoms with Gasteiger partial charge in [-0.3, -0.25) is 0 Å². The summed E-state index contributed by atoms with van der Waals surface area (Å²) < 4.78 is 0. The first-order chi connectivity index (χ1) is 31.7. The number of hydrogen-bond acceptors (Lipinski definition) is 0. The van der Waals surface area contributed by atoms with Gasteiger partial charge >= 0.3 is 0 Å². The molecule has 0 saturated heterocycles. The van der Waals surface area contributed by atoms with Crippen LogP contribution in [0.1, 0.15) is 0 Å². The SMILES string of the molecule is c1ccc(-c2cc(-c3ccccc3)cc(-c3ccc4c(c3)cc(-c3cc5ccccc5c5ccccc35)c3cc(-c5cc(-c6ccccc6)cc(-c6ccccc6)c5)ccc34)c2)cc1. The van der Waals surface area contributed by atoms with Crippen LogP contribution in [-0.2, 0) is 0 Å². The molecule has 0 unspecified atom stereocenters. The van der Waals surface area contributed by atoms with Crippen molar-refractivity contribution in [3.05, 3.63) is 255 Å². The van der Waals surface area contributed by atoms with Gasteiger partial charge in [0.05, 0.1) is 0 Å². The van der Waals surface area contributed by atoms with Crippen LogP contribution in [0.3, 0.4) is 0 Å². The molecule has 12 aromatic rings. The third-order valence-corrected chi connectivity index (χ3v) is 13.0. The molecule has 0 atom stereocenters. The minimum absolute atomic E-state index is 1.19. The van der Waals surface area contributed by atoms with Gasteiger partial charge in [0.15, 0.2) is 0 Å². The zero-order valence-corrected chi connectivity index (χ0v) is 35.2. The second kappa shape index (κ2) is 15.9. The van der Waals surface area contributed by atoms with Crippen LogP contribution in [0.5, 0.6) is 0 Å². The molecule has 0 aliphatic carbocycles. The Bertz CT molecular complexity index is 3560. The summed E-state index contributed by atoms with van der Waals surface area (Å²) in [6.45, 7) is 0. The van der Waals surface area contributed by atoms with Crippen molar-refractivity contribution < 1.29 is 0 Å². The van der Waals surface area contributed by atoms with Crippen molar-refractivity contribution in [3.8, 4) is 77.9 Å². The summed E-state index contributed by atoms with van der Waals surface area (Å²) >= 11 is 0. The number of benzene rings is 12. The molecule has 0 aromatic heterocycles. The Balaban J connectivity index is 1.11. The maximum absolute atomic E-state index is 2.45. The largest absolute Gasteiger partial charge is 0.0622 e. The molecule has 0 spiro atoms. The van der Waals surface area contributed by atoms with Crippen LogP contribution in [0.4, 0.5) is 0 Å². The highest BCUT2D eigenvalue weighted by atomic mass is 14.2. The molecule has 0 nitrogen and oxygen atoms in total. The molecule has 0 saturated carbocycles. The van der Waals surface area contributed by atoms with Gasteiger partial charge in [-0.1, -0.05) is 194 Å². The van der Waals surface area contributed by atoms with Crippen LogP contribution in [0.15, 0.2) is 255 Å². The van der Waals surface area contributed by atoms with Crippen molar-refractivity contribution in [2.45, 2.75) is 0 Å². The Hall–Kier alpha value is -8.32. The molecule has 64 heavy (non-hydrogen) atoms. The average molecular weight is 811 g/mol. The highest BCUT2D eigenvalue weighted by Crippen LogP contribution is 2.44. The van der Waals surface area contributed by atoms with Crippen LogP contribution < -0.4 is 0 Å². The highest BCUT2D eigenvalue weighted by Gasteiger charge is 2.17. The Morgan fingerprint density at radius 3 is 0.969 bits per heavy atom. The van der Waals surface area contributed by atoms with Gasteiger partial charge in [0, 0.05) is 0 Å². The highest BCUT2D eigenvalue weighted by molar-refractivity contribution is 6.21. The summed E-state index contributed by atoms with van der Waals surface area (Å²) in [6.07, 6.45) is 0. The van der Waals surface area contributed by atoms with Gasteiger partial charge in [-0.15, -0.1) is 0 Å². The lowest BCUT2D eigenvalue weighted by atomic mass is 9.86. The lowest BCUT2D eigenvalue weighted by Gasteiger charge is -2.18. The fraction of sp³-hybridized carbons (Fsp3) is 0. The first-order valence-electron chi connectivity index (χ1n) is 22.1. The molecule has 0 N–H and O–H groups in total. The Labute approximate surface area is 374 Å². The Morgan fingerprint density at radius 2 is 0.469 bits per heavy atom. The Kier molecular flexibility index (Phi) is 9.28. The summed E-state index contributed by atoms with van der Waals surface area (Å²) in [6, 6.07) is 93.8. The van der Waals surface area contributed by atoms with E-state index in [1.54, 1.807) is 0 Å². The van der Waals surface area contributed by atoms with Crippen molar-refractivity contribution in [2.75, 3.05) is 0 Å².